The van der Waals surface area contributed by atoms with Crippen molar-refractivity contribution in [3.8, 4) is 0 Å². The first-order chi connectivity index (χ1) is 9.13. The van der Waals surface area contributed by atoms with E-state index in [2.05, 4.69) is 17.1 Å². The van der Waals surface area contributed by atoms with Gasteiger partial charge in [-0.1, -0.05) is 30.3 Å². The minimum absolute atomic E-state index is 0.276. The Labute approximate surface area is 113 Å². The van der Waals surface area contributed by atoms with Gasteiger partial charge >= 0.3 is 5.97 Å². The molecule has 1 aromatic carbocycles. The third-order valence-corrected chi connectivity index (χ3v) is 3.30. The number of nitrogens with one attached hydrogen (secondary N) is 1. The largest absolute Gasteiger partial charge is 0.461 e. The summed E-state index contributed by atoms with van der Waals surface area (Å²) in [5.74, 6) is -0.276. The van der Waals surface area contributed by atoms with Gasteiger partial charge in [0.25, 0.3) is 0 Å². The summed E-state index contributed by atoms with van der Waals surface area (Å²) in [6, 6.07) is 10.2. The highest BCUT2D eigenvalue weighted by Gasteiger charge is 2.18. The molecule has 100 valence electrons. The smallest absolute Gasteiger partial charge is 0.355 e. The summed E-state index contributed by atoms with van der Waals surface area (Å²) in [6.07, 6.45) is 0.828. The van der Waals surface area contributed by atoms with Gasteiger partial charge in [-0.05, 0) is 43.9 Å². The van der Waals surface area contributed by atoms with Gasteiger partial charge in [0.05, 0.1) is 6.61 Å². The molecule has 0 unspecified atom stereocenters. The summed E-state index contributed by atoms with van der Waals surface area (Å²) in [6.45, 7) is 6.17. The standard InChI is InChI=1S/C16H19NO2/c1-4-19-16(18)15-11(2)14(12(3)17-15)10-13-8-6-5-7-9-13/h5-9,17H,4,10H2,1-3H3. The summed E-state index contributed by atoms with van der Waals surface area (Å²) in [5.41, 5.74) is 5.01. The summed E-state index contributed by atoms with van der Waals surface area (Å²) in [4.78, 5) is 15.0. The SMILES string of the molecule is CCOC(=O)c1[nH]c(C)c(Cc2ccccc2)c1C. The van der Waals surface area contributed by atoms with Gasteiger partial charge in [-0.25, -0.2) is 4.79 Å². The summed E-state index contributed by atoms with van der Waals surface area (Å²) in [7, 11) is 0. The van der Waals surface area contributed by atoms with Crippen molar-refractivity contribution in [1.29, 1.82) is 0 Å². The molecule has 0 saturated heterocycles. The number of H-pyrrole nitrogens is 1. The van der Waals surface area contributed by atoms with E-state index < -0.39 is 0 Å². The van der Waals surface area contributed by atoms with Crippen LogP contribution in [0.1, 0.15) is 39.8 Å². The Morgan fingerprint density at radius 2 is 1.89 bits per heavy atom. The number of aromatic amines is 1. The normalized spacial score (nSPS) is 10.5. The number of hydrogen-bond acceptors (Lipinski definition) is 2. The van der Waals surface area contributed by atoms with E-state index in [1.807, 2.05) is 39.0 Å². The molecule has 0 aliphatic carbocycles. The molecule has 1 aromatic heterocycles. The van der Waals surface area contributed by atoms with Crippen LogP contribution in [-0.4, -0.2) is 17.6 Å². The molecule has 0 spiro atoms. The zero-order chi connectivity index (χ0) is 13.8. The topological polar surface area (TPSA) is 42.1 Å². The average molecular weight is 257 g/mol. The van der Waals surface area contributed by atoms with Crippen LogP contribution < -0.4 is 0 Å². The van der Waals surface area contributed by atoms with E-state index in [1.165, 1.54) is 11.1 Å². The molecule has 0 saturated carbocycles. The van der Waals surface area contributed by atoms with Crippen LogP contribution in [0.4, 0.5) is 0 Å². The van der Waals surface area contributed by atoms with Gasteiger partial charge in [0.15, 0.2) is 0 Å². The molecule has 0 bridgehead atoms. The first-order valence-electron chi connectivity index (χ1n) is 6.52. The maximum Gasteiger partial charge on any atom is 0.355 e. The number of esters is 1. The van der Waals surface area contributed by atoms with Gasteiger partial charge in [-0.15, -0.1) is 0 Å². The van der Waals surface area contributed by atoms with Crippen molar-refractivity contribution in [2.75, 3.05) is 6.61 Å². The predicted molar refractivity (Wildman–Crippen MR) is 75.5 cm³/mol. The fourth-order valence-electron chi connectivity index (χ4n) is 2.26. The molecular formula is C16H19NO2. The number of benzene rings is 1. The lowest BCUT2D eigenvalue weighted by molar-refractivity contribution is 0.0519. The second-order valence-corrected chi connectivity index (χ2v) is 4.61. The van der Waals surface area contributed by atoms with E-state index in [9.17, 15) is 4.79 Å². The Morgan fingerprint density at radius 3 is 2.53 bits per heavy atom. The van der Waals surface area contributed by atoms with E-state index in [4.69, 9.17) is 4.74 Å². The molecule has 0 radical (unpaired) electrons. The lowest BCUT2D eigenvalue weighted by Crippen LogP contribution is -2.06. The minimum Gasteiger partial charge on any atom is -0.461 e. The minimum atomic E-state index is -0.276. The van der Waals surface area contributed by atoms with Crippen molar-refractivity contribution in [2.45, 2.75) is 27.2 Å². The van der Waals surface area contributed by atoms with Crippen LogP contribution in [0.5, 0.6) is 0 Å². The van der Waals surface area contributed by atoms with Crippen molar-refractivity contribution in [1.82, 2.24) is 4.98 Å². The average Bonchev–Trinajstić information content (AvgIpc) is 2.68. The first kappa shape index (κ1) is 13.4. The van der Waals surface area contributed by atoms with Gasteiger partial charge < -0.3 is 9.72 Å². The molecule has 0 aliphatic heterocycles. The molecule has 0 aliphatic rings. The molecular weight excluding hydrogens is 238 g/mol. The Kier molecular flexibility index (Phi) is 4.05. The Bertz CT molecular complexity index is 570. The van der Waals surface area contributed by atoms with E-state index >= 15 is 0 Å². The van der Waals surface area contributed by atoms with Gasteiger partial charge in [0.2, 0.25) is 0 Å². The Balaban J connectivity index is 2.29. The number of carbonyl (C=O) groups excluding carboxylic acids is 1. The van der Waals surface area contributed by atoms with Crippen LogP contribution in [-0.2, 0) is 11.2 Å². The first-order valence-corrected chi connectivity index (χ1v) is 6.52. The van der Waals surface area contributed by atoms with Crippen molar-refractivity contribution >= 4 is 5.97 Å². The maximum atomic E-state index is 11.8. The van der Waals surface area contributed by atoms with E-state index in [1.54, 1.807) is 0 Å². The highest BCUT2D eigenvalue weighted by atomic mass is 16.5. The number of rotatable bonds is 4. The lowest BCUT2D eigenvalue weighted by atomic mass is 10.0. The van der Waals surface area contributed by atoms with Gasteiger partial charge in [0, 0.05) is 5.69 Å². The van der Waals surface area contributed by atoms with Crippen LogP contribution in [0.3, 0.4) is 0 Å². The zero-order valence-corrected chi connectivity index (χ0v) is 11.6. The highest BCUT2D eigenvalue weighted by Crippen LogP contribution is 2.21. The number of ether oxygens (including phenoxy) is 1. The Hall–Kier alpha value is -2.03. The molecule has 19 heavy (non-hydrogen) atoms. The number of carbonyl (C=O) groups is 1. The predicted octanol–water partition coefficient (Wildman–Crippen LogP) is 3.40. The zero-order valence-electron chi connectivity index (χ0n) is 11.6. The Morgan fingerprint density at radius 1 is 1.21 bits per heavy atom. The van der Waals surface area contributed by atoms with Crippen molar-refractivity contribution in [3.63, 3.8) is 0 Å². The fourth-order valence-corrected chi connectivity index (χ4v) is 2.26. The van der Waals surface area contributed by atoms with Crippen LogP contribution in [0, 0.1) is 13.8 Å². The van der Waals surface area contributed by atoms with E-state index in [0.717, 1.165) is 17.7 Å². The monoisotopic (exact) mass is 257 g/mol. The number of hydrogen-bond donors (Lipinski definition) is 1. The summed E-state index contributed by atoms with van der Waals surface area (Å²) >= 11 is 0. The quantitative estimate of drug-likeness (QED) is 0.853. The van der Waals surface area contributed by atoms with Crippen LogP contribution in [0.2, 0.25) is 0 Å². The third kappa shape index (κ3) is 2.87. The molecule has 0 fully saturated rings. The van der Waals surface area contributed by atoms with Gasteiger partial charge in [0.1, 0.15) is 5.69 Å². The second kappa shape index (κ2) is 5.74. The number of aryl methyl sites for hydroxylation is 1. The van der Waals surface area contributed by atoms with Crippen LogP contribution in [0.25, 0.3) is 0 Å². The van der Waals surface area contributed by atoms with Crippen LogP contribution in [0.15, 0.2) is 30.3 Å². The van der Waals surface area contributed by atoms with Gasteiger partial charge in [-0.3, -0.25) is 0 Å². The molecule has 2 aromatic rings. The van der Waals surface area contributed by atoms with Gasteiger partial charge in [-0.2, -0.15) is 0 Å². The van der Waals surface area contributed by atoms with Crippen molar-refractivity contribution < 1.29 is 9.53 Å². The molecule has 1 N–H and O–H groups in total. The maximum absolute atomic E-state index is 11.8. The molecule has 3 nitrogen and oxygen atoms in total. The molecule has 2 rings (SSSR count). The van der Waals surface area contributed by atoms with Crippen molar-refractivity contribution in [2.24, 2.45) is 0 Å². The van der Waals surface area contributed by atoms with Crippen molar-refractivity contribution in [3.05, 3.63) is 58.4 Å². The number of aromatic nitrogens is 1. The summed E-state index contributed by atoms with van der Waals surface area (Å²) < 4.78 is 5.06. The molecule has 3 heteroatoms. The fraction of sp³-hybridized carbons (Fsp3) is 0.312. The highest BCUT2D eigenvalue weighted by molar-refractivity contribution is 5.89. The lowest BCUT2D eigenvalue weighted by Gasteiger charge is -2.03. The third-order valence-electron chi connectivity index (χ3n) is 3.30. The van der Waals surface area contributed by atoms with E-state index in [-0.39, 0.29) is 5.97 Å². The second-order valence-electron chi connectivity index (χ2n) is 4.61. The molecule has 1 heterocycles. The molecule has 0 amide bonds. The summed E-state index contributed by atoms with van der Waals surface area (Å²) in [5, 5.41) is 0. The van der Waals surface area contributed by atoms with Crippen LogP contribution >= 0.6 is 0 Å². The molecule has 0 atom stereocenters. The van der Waals surface area contributed by atoms with E-state index in [0.29, 0.717) is 12.3 Å².